The van der Waals surface area contributed by atoms with Crippen LogP contribution in [-0.2, 0) is 21.3 Å². The maximum Gasteiger partial charge on any atom is 0.253 e. The van der Waals surface area contributed by atoms with Crippen molar-refractivity contribution >= 4 is 39.1 Å². The molecule has 2 aromatic rings. The maximum absolute atomic E-state index is 13.1. The third-order valence-corrected chi connectivity index (χ3v) is 8.62. The number of sulfonamides is 1. The second-order valence-corrected chi connectivity index (χ2v) is 10.5. The third kappa shape index (κ3) is 5.11. The molecule has 0 spiro atoms. The number of nitrogens with zero attached hydrogens (tertiary/aromatic N) is 3. The van der Waals surface area contributed by atoms with E-state index in [1.807, 2.05) is 18.2 Å². The van der Waals surface area contributed by atoms with Gasteiger partial charge in [0.25, 0.3) is 5.91 Å². The lowest BCUT2D eigenvalue weighted by molar-refractivity contribution is 0.0341. The molecule has 172 valence electrons. The number of benzene rings is 2. The zero-order valence-corrected chi connectivity index (χ0v) is 19.9. The summed E-state index contributed by atoms with van der Waals surface area (Å²) in [6.45, 7) is 5.01. The minimum atomic E-state index is -3.79. The number of rotatable bonds is 5. The van der Waals surface area contributed by atoms with Crippen molar-refractivity contribution in [1.82, 2.24) is 14.1 Å². The van der Waals surface area contributed by atoms with E-state index >= 15 is 0 Å². The van der Waals surface area contributed by atoms with Gasteiger partial charge in [-0.25, -0.2) is 8.42 Å². The molecule has 10 heteroatoms. The molecular weight excluding hydrogens is 473 g/mol. The van der Waals surface area contributed by atoms with Crippen LogP contribution in [0.1, 0.15) is 15.9 Å². The van der Waals surface area contributed by atoms with E-state index in [-0.39, 0.29) is 33.9 Å². The molecule has 2 fully saturated rings. The smallest absolute Gasteiger partial charge is 0.253 e. The molecule has 0 aromatic heterocycles. The largest absolute Gasteiger partial charge is 0.379 e. The van der Waals surface area contributed by atoms with Crippen LogP contribution in [-0.4, -0.2) is 80.9 Å². The summed E-state index contributed by atoms with van der Waals surface area (Å²) in [5, 5.41) is 0.211. The fraction of sp³-hybridized carbons (Fsp3) is 0.409. The number of carbonyl (C=O) groups excluding carboxylic acids is 1. The van der Waals surface area contributed by atoms with Gasteiger partial charge in [0.15, 0.2) is 0 Å². The summed E-state index contributed by atoms with van der Waals surface area (Å²) in [7, 11) is -3.79. The Balaban J connectivity index is 1.40. The fourth-order valence-electron chi connectivity index (χ4n) is 3.96. The SMILES string of the molecule is O=C(c1cccc(CN2CCOCC2)c1)N1CCN(S(=O)(=O)c2cccc(Cl)c2Cl)CC1. The number of hydrogen-bond donors (Lipinski definition) is 0. The molecule has 0 radical (unpaired) electrons. The Kier molecular flexibility index (Phi) is 7.39. The highest BCUT2D eigenvalue weighted by Crippen LogP contribution is 2.31. The lowest BCUT2D eigenvalue weighted by atomic mass is 10.1. The Bertz CT molecular complexity index is 1080. The molecule has 0 atom stereocenters. The number of carbonyl (C=O) groups is 1. The summed E-state index contributed by atoms with van der Waals surface area (Å²) in [6.07, 6.45) is 0. The topological polar surface area (TPSA) is 70.2 Å². The summed E-state index contributed by atoms with van der Waals surface area (Å²) in [5.41, 5.74) is 1.69. The number of hydrogen-bond acceptors (Lipinski definition) is 5. The van der Waals surface area contributed by atoms with E-state index in [0.717, 1.165) is 38.4 Å². The third-order valence-electron chi connectivity index (χ3n) is 5.74. The van der Waals surface area contributed by atoms with E-state index in [2.05, 4.69) is 4.90 Å². The van der Waals surface area contributed by atoms with E-state index in [1.165, 1.54) is 10.4 Å². The normalized spacial score (nSPS) is 18.6. The van der Waals surface area contributed by atoms with Gasteiger partial charge in [0.05, 0.1) is 23.3 Å². The van der Waals surface area contributed by atoms with Gasteiger partial charge < -0.3 is 9.64 Å². The Labute approximate surface area is 198 Å². The van der Waals surface area contributed by atoms with Gasteiger partial charge in [-0.15, -0.1) is 0 Å². The van der Waals surface area contributed by atoms with Crippen LogP contribution in [0, 0.1) is 0 Å². The van der Waals surface area contributed by atoms with Crippen molar-refractivity contribution < 1.29 is 17.9 Å². The van der Waals surface area contributed by atoms with Crippen molar-refractivity contribution in [2.45, 2.75) is 11.4 Å². The summed E-state index contributed by atoms with van der Waals surface area (Å²) in [4.78, 5) is 17.0. The molecule has 7 nitrogen and oxygen atoms in total. The molecule has 0 bridgehead atoms. The van der Waals surface area contributed by atoms with Gasteiger partial charge >= 0.3 is 0 Å². The number of piperazine rings is 1. The highest BCUT2D eigenvalue weighted by Gasteiger charge is 2.32. The molecule has 4 rings (SSSR count). The van der Waals surface area contributed by atoms with Gasteiger partial charge in [0, 0.05) is 51.4 Å². The van der Waals surface area contributed by atoms with Gasteiger partial charge in [-0.05, 0) is 29.8 Å². The van der Waals surface area contributed by atoms with Crippen LogP contribution in [0.3, 0.4) is 0 Å². The highest BCUT2D eigenvalue weighted by atomic mass is 35.5. The molecule has 2 saturated heterocycles. The summed E-state index contributed by atoms with van der Waals surface area (Å²) >= 11 is 12.1. The molecule has 2 heterocycles. The zero-order chi connectivity index (χ0) is 22.7. The summed E-state index contributed by atoms with van der Waals surface area (Å²) < 4.78 is 32.8. The molecular formula is C22H25Cl2N3O4S. The van der Waals surface area contributed by atoms with E-state index in [9.17, 15) is 13.2 Å². The molecule has 0 aliphatic carbocycles. The van der Waals surface area contributed by atoms with E-state index < -0.39 is 10.0 Å². The van der Waals surface area contributed by atoms with Crippen molar-refractivity contribution in [2.24, 2.45) is 0 Å². The monoisotopic (exact) mass is 497 g/mol. The Morgan fingerprint density at radius 1 is 0.938 bits per heavy atom. The quantitative estimate of drug-likeness (QED) is 0.634. The Morgan fingerprint density at radius 3 is 2.34 bits per heavy atom. The molecule has 2 aromatic carbocycles. The average molecular weight is 498 g/mol. The minimum absolute atomic E-state index is 0.0118. The van der Waals surface area contributed by atoms with Gasteiger partial charge in [0.2, 0.25) is 10.0 Å². The Hall–Kier alpha value is -1.68. The van der Waals surface area contributed by atoms with Gasteiger partial charge in [-0.2, -0.15) is 4.31 Å². The summed E-state index contributed by atoms with van der Waals surface area (Å²) in [6, 6.07) is 12.2. The highest BCUT2D eigenvalue weighted by molar-refractivity contribution is 7.89. The first kappa shape index (κ1) is 23.5. The molecule has 0 saturated carbocycles. The van der Waals surface area contributed by atoms with Gasteiger partial charge in [0.1, 0.15) is 4.90 Å². The van der Waals surface area contributed by atoms with Crippen molar-refractivity contribution in [3.05, 3.63) is 63.6 Å². The van der Waals surface area contributed by atoms with Crippen LogP contribution in [0.5, 0.6) is 0 Å². The molecule has 0 unspecified atom stereocenters. The van der Waals surface area contributed by atoms with E-state index in [4.69, 9.17) is 27.9 Å². The standard InChI is InChI=1S/C22H25Cl2N3O4S/c23-19-5-2-6-20(21(19)24)32(29,30)27-9-7-26(8-10-27)22(28)18-4-1-3-17(15-18)16-25-11-13-31-14-12-25/h1-6,15H,7-14,16H2. The van der Waals surface area contributed by atoms with Crippen molar-refractivity contribution in [3.8, 4) is 0 Å². The molecule has 1 amide bonds. The second-order valence-electron chi connectivity index (χ2n) is 7.84. The molecule has 0 N–H and O–H groups in total. The van der Waals surface area contributed by atoms with Crippen molar-refractivity contribution in [3.63, 3.8) is 0 Å². The first-order valence-corrected chi connectivity index (χ1v) is 12.7. The molecule has 2 aliphatic heterocycles. The lowest BCUT2D eigenvalue weighted by Gasteiger charge is -2.34. The number of halogens is 2. The zero-order valence-electron chi connectivity index (χ0n) is 17.5. The van der Waals surface area contributed by atoms with Crippen LogP contribution >= 0.6 is 23.2 Å². The maximum atomic E-state index is 13.1. The first-order valence-electron chi connectivity index (χ1n) is 10.5. The molecule has 32 heavy (non-hydrogen) atoms. The number of ether oxygens (including phenoxy) is 1. The predicted octanol–water partition coefficient (Wildman–Crippen LogP) is 2.97. The lowest BCUT2D eigenvalue weighted by Crippen LogP contribution is -2.50. The van der Waals surface area contributed by atoms with Crippen molar-refractivity contribution in [2.75, 3.05) is 52.5 Å². The van der Waals surface area contributed by atoms with E-state index in [1.54, 1.807) is 23.1 Å². The van der Waals surface area contributed by atoms with Crippen LogP contribution in [0.15, 0.2) is 47.4 Å². The second kappa shape index (κ2) is 10.1. The van der Waals surface area contributed by atoms with Crippen LogP contribution in [0.2, 0.25) is 10.0 Å². The van der Waals surface area contributed by atoms with Crippen LogP contribution < -0.4 is 0 Å². The molecule has 2 aliphatic rings. The average Bonchev–Trinajstić information content (AvgIpc) is 2.81. The first-order chi connectivity index (χ1) is 15.4. The fourth-order valence-corrected chi connectivity index (χ4v) is 6.11. The number of morpholine rings is 1. The predicted molar refractivity (Wildman–Crippen MR) is 124 cm³/mol. The minimum Gasteiger partial charge on any atom is -0.379 e. The van der Waals surface area contributed by atoms with Crippen LogP contribution in [0.25, 0.3) is 0 Å². The van der Waals surface area contributed by atoms with E-state index in [0.29, 0.717) is 18.7 Å². The van der Waals surface area contributed by atoms with Gasteiger partial charge in [-0.1, -0.05) is 41.4 Å². The number of amides is 1. The summed E-state index contributed by atoms with van der Waals surface area (Å²) in [5.74, 6) is -0.0911. The Morgan fingerprint density at radius 2 is 1.62 bits per heavy atom. The van der Waals surface area contributed by atoms with Crippen LogP contribution in [0.4, 0.5) is 0 Å². The van der Waals surface area contributed by atoms with Gasteiger partial charge in [-0.3, -0.25) is 9.69 Å². The van der Waals surface area contributed by atoms with Crippen molar-refractivity contribution in [1.29, 1.82) is 0 Å².